The van der Waals surface area contributed by atoms with Crippen molar-refractivity contribution in [1.82, 2.24) is 25.1 Å². The van der Waals surface area contributed by atoms with Crippen molar-refractivity contribution in [2.24, 2.45) is 0 Å². The molecule has 4 aromatic rings. The molecule has 9 heteroatoms. The molecule has 0 N–H and O–H groups in total. The highest BCUT2D eigenvalue weighted by atomic mass is 19.1. The fraction of sp³-hybridized carbons (Fsp3) is 0.296. The maximum absolute atomic E-state index is 13.8. The third-order valence-corrected chi connectivity index (χ3v) is 6.59. The zero-order chi connectivity index (χ0) is 24.9. The van der Waals surface area contributed by atoms with Crippen molar-refractivity contribution in [2.75, 3.05) is 45.3 Å². The van der Waals surface area contributed by atoms with Crippen LogP contribution in [0.4, 0.5) is 10.1 Å². The van der Waals surface area contributed by atoms with Gasteiger partial charge in [-0.2, -0.15) is 0 Å². The first-order chi connectivity index (χ1) is 17.7. The molecule has 0 aliphatic carbocycles. The van der Waals surface area contributed by atoms with Crippen LogP contribution >= 0.6 is 0 Å². The monoisotopic (exact) mass is 488 g/mol. The average molecular weight is 489 g/mol. The lowest BCUT2D eigenvalue weighted by Crippen LogP contribution is -2.48. The fourth-order valence-corrected chi connectivity index (χ4v) is 4.70. The number of para-hydroxylation sites is 2. The molecule has 0 bridgehead atoms. The quantitative estimate of drug-likeness (QED) is 0.374. The second-order valence-electron chi connectivity index (χ2n) is 8.69. The molecule has 8 nitrogen and oxygen atoms in total. The molecule has 0 amide bonds. The van der Waals surface area contributed by atoms with E-state index in [-0.39, 0.29) is 11.9 Å². The van der Waals surface area contributed by atoms with E-state index in [1.165, 1.54) is 12.1 Å². The minimum absolute atomic E-state index is 0.210. The summed E-state index contributed by atoms with van der Waals surface area (Å²) in [7, 11) is 3.34. The van der Waals surface area contributed by atoms with Crippen LogP contribution in [0.25, 0.3) is 0 Å². The number of nitrogens with zero attached hydrogens (tertiary/aromatic N) is 6. The Labute approximate surface area is 209 Å². The van der Waals surface area contributed by atoms with Gasteiger partial charge in [0, 0.05) is 26.2 Å². The molecule has 3 aromatic carbocycles. The minimum Gasteiger partial charge on any atom is -0.497 e. The van der Waals surface area contributed by atoms with Crippen molar-refractivity contribution in [3.8, 4) is 11.5 Å². The number of methoxy groups -OCH3 is 2. The van der Waals surface area contributed by atoms with Crippen LogP contribution in [0.15, 0.2) is 72.8 Å². The van der Waals surface area contributed by atoms with Gasteiger partial charge in [0.15, 0.2) is 5.82 Å². The summed E-state index contributed by atoms with van der Waals surface area (Å²) < 4.78 is 26.5. The van der Waals surface area contributed by atoms with E-state index in [9.17, 15) is 4.39 Å². The second kappa shape index (κ2) is 10.7. The van der Waals surface area contributed by atoms with Gasteiger partial charge in [-0.15, -0.1) is 5.10 Å². The highest BCUT2D eigenvalue weighted by molar-refractivity contribution is 5.58. The van der Waals surface area contributed by atoms with E-state index >= 15 is 0 Å². The Bertz CT molecular complexity index is 1270. The lowest BCUT2D eigenvalue weighted by atomic mass is 10.0. The van der Waals surface area contributed by atoms with Crippen molar-refractivity contribution in [2.45, 2.75) is 12.6 Å². The van der Waals surface area contributed by atoms with E-state index < -0.39 is 0 Å². The van der Waals surface area contributed by atoms with Gasteiger partial charge in [-0.1, -0.05) is 36.4 Å². The maximum atomic E-state index is 13.8. The van der Waals surface area contributed by atoms with Crippen LogP contribution in [0.2, 0.25) is 0 Å². The van der Waals surface area contributed by atoms with Gasteiger partial charge < -0.3 is 14.4 Å². The molecule has 1 fully saturated rings. The summed E-state index contributed by atoms with van der Waals surface area (Å²) in [6, 6.07) is 22.3. The van der Waals surface area contributed by atoms with E-state index in [0.717, 1.165) is 60.3 Å². The molecule has 36 heavy (non-hydrogen) atoms. The predicted molar refractivity (Wildman–Crippen MR) is 135 cm³/mol. The summed E-state index contributed by atoms with van der Waals surface area (Å²) in [5, 5.41) is 12.7. The van der Waals surface area contributed by atoms with Gasteiger partial charge in [-0.05, 0) is 58.0 Å². The van der Waals surface area contributed by atoms with Crippen molar-refractivity contribution in [3.05, 3.63) is 95.6 Å². The molecule has 1 aliphatic heterocycles. The Morgan fingerprint density at radius 2 is 1.58 bits per heavy atom. The number of anilines is 1. The fourth-order valence-electron chi connectivity index (χ4n) is 4.70. The molecule has 0 saturated carbocycles. The average Bonchev–Trinajstić information content (AvgIpc) is 3.38. The van der Waals surface area contributed by atoms with Crippen LogP contribution in [0.5, 0.6) is 11.5 Å². The molecule has 1 aromatic heterocycles. The van der Waals surface area contributed by atoms with Gasteiger partial charge in [0.25, 0.3) is 0 Å². The minimum atomic E-state index is -0.267. The van der Waals surface area contributed by atoms with Gasteiger partial charge >= 0.3 is 0 Å². The Balaban J connectivity index is 1.41. The van der Waals surface area contributed by atoms with Gasteiger partial charge in [0.1, 0.15) is 17.3 Å². The molecular formula is C27H29FN6O2. The van der Waals surface area contributed by atoms with E-state index in [1.807, 2.05) is 59.3 Å². The van der Waals surface area contributed by atoms with Crippen LogP contribution in [0, 0.1) is 5.82 Å². The van der Waals surface area contributed by atoms with Gasteiger partial charge in [0.05, 0.1) is 32.5 Å². The van der Waals surface area contributed by atoms with Gasteiger partial charge in [-0.3, -0.25) is 4.90 Å². The molecule has 1 atom stereocenters. The predicted octanol–water partition coefficient (Wildman–Crippen LogP) is 3.79. The highest BCUT2D eigenvalue weighted by Crippen LogP contribution is 2.32. The molecular weight excluding hydrogens is 459 g/mol. The summed E-state index contributed by atoms with van der Waals surface area (Å²) in [4.78, 5) is 4.69. The molecule has 1 aliphatic rings. The van der Waals surface area contributed by atoms with Crippen LogP contribution in [-0.2, 0) is 6.54 Å². The topological polar surface area (TPSA) is 68.5 Å². The van der Waals surface area contributed by atoms with Crippen LogP contribution in [0.1, 0.15) is 23.0 Å². The standard InChI is InChI=1S/C27H29FN6O2/c1-35-23-13-7-20(8-14-23)19-34-27(29-30-31-34)26(21-9-11-22(28)12-10-21)33-17-15-32(16-18-33)24-5-3-4-6-25(24)36-2/h3-14,26H,15-19H2,1-2H3/t26-/m1/s1. The van der Waals surface area contributed by atoms with E-state index in [0.29, 0.717) is 6.54 Å². The maximum Gasteiger partial charge on any atom is 0.173 e. The molecule has 0 unspecified atom stereocenters. The van der Waals surface area contributed by atoms with Crippen LogP contribution < -0.4 is 14.4 Å². The number of piperazine rings is 1. The number of rotatable bonds is 8. The summed E-state index contributed by atoms with van der Waals surface area (Å²) in [5.41, 5.74) is 3.10. The lowest BCUT2D eigenvalue weighted by Gasteiger charge is -2.40. The number of aromatic nitrogens is 4. The SMILES string of the molecule is COc1ccc(Cn2nnnc2[C@@H](c2ccc(F)cc2)N2CCN(c3ccccc3OC)CC2)cc1. The number of tetrazole rings is 1. The van der Waals surface area contributed by atoms with E-state index in [1.54, 1.807) is 14.2 Å². The zero-order valence-electron chi connectivity index (χ0n) is 20.4. The highest BCUT2D eigenvalue weighted by Gasteiger charge is 2.31. The van der Waals surface area contributed by atoms with Crippen LogP contribution in [0.3, 0.4) is 0 Å². The first-order valence-corrected chi connectivity index (χ1v) is 11.9. The van der Waals surface area contributed by atoms with Crippen molar-refractivity contribution < 1.29 is 13.9 Å². The van der Waals surface area contributed by atoms with E-state index in [2.05, 4.69) is 31.4 Å². The number of hydrogen-bond acceptors (Lipinski definition) is 7. The van der Waals surface area contributed by atoms with Gasteiger partial charge in [-0.25, -0.2) is 9.07 Å². The summed E-state index contributed by atoms with van der Waals surface area (Å²) in [5.74, 6) is 2.12. The summed E-state index contributed by atoms with van der Waals surface area (Å²) in [6.07, 6.45) is 0. The summed E-state index contributed by atoms with van der Waals surface area (Å²) in [6.45, 7) is 3.73. The third-order valence-electron chi connectivity index (χ3n) is 6.59. The number of hydrogen-bond donors (Lipinski definition) is 0. The Kier molecular flexibility index (Phi) is 7.08. The van der Waals surface area contributed by atoms with Crippen molar-refractivity contribution in [3.63, 3.8) is 0 Å². The third kappa shape index (κ3) is 5.01. The normalized spacial score (nSPS) is 15.0. The Hall–Kier alpha value is -3.98. The first kappa shape index (κ1) is 23.7. The van der Waals surface area contributed by atoms with Crippen molar-refractivity contribution in [1.29, 1.82) is 0 Å². The number of halogens is 1. The Morgan fingerprint density at radius 3 is 2.28 bits per heavy atom. The Morgan fingerprint density at radius 1 is 0.861 bits per heavy atom. The molecule has 0 radical (unpaired) electrons. The lowest BCUT2D eigenvalue weighted by molar-refractivity contribution is 0.201. The smallest absolute Gasteiger partial charge is 0.173 e. The van der Waals surface area contributed by atoms with Gasteiger partial charge in [0.2, 0.25) is 0 Å². The van der Waals surface area contributed by atoms with E-state index in [4.69, 9.17) is 9.47 Å². The molecule has 5 rings (SSSR count). The number of benzene rings is 3. The largest absolute Gasteiger partial charge is 0.497 e. The molecule has 1 saturated heterocycles. The molecule has 2 heterocycles. The molecule has 186 valence electrons. The second-order valence-corrected chi connectivity index (χ2v) is 8.69. The zero-order valence-corrected chi connectivity index (χ0v) is 20.4. The van der Waals surface area contributed by atoms with Crippen LogP contribution in [-0.4, -0.2) is 65.5 Å². The number of ether oxygens (including phenoxy) is 2. The van der Waals surface area contributed by atoms with Crippen molar-refractivity contribution >= 4 is 5.69 Å². The molecule has 0 spiro atoms. The first-order valence-electron chi connectivity index (χ1n) is 11.9. The summed E-state index contributed by atoms with van der Waals surface area (Å²) >= 11 is 0.